The van der Waals surface area contributed by atoms with Crippen molar-refractivity contribution < 1.29 is 13.6 Å². The van der Waals surface area contributed by atoms with Crippen LogP contribution in [0.5, 0.6) is 0 Å². The van der Waals surface area contributed by atoms with E-state index in [4.69, 9.17) is 34.8 Å². The Balaban J connectivity index is 3.72. The molecule has 0 saturated carbocycles. The molecule has 0 spiro atoms. The average Bonchev–Trinajstić information content (AvgIpc) is 1.99. The molecule has 0 rings (SSSR count). The van der Waals surface area contributed by atoms with Gasteiger partial charge in [-0.05, 0) is 0 Å². The van der Waals surface area contributed by atoms with Crippen molar-refractivity contribution >= 4 is 43.1 Å². The van der Waals surface area contributed by atoms with E-state index in [0.29, 0.717) is 0 Å². The summed E-state index contributed by atoms with van der Waals surface area (Å²) in [6, 6.07) is 0. The molecule has 0 aliphatic rings. The lowest BCUT2D eigenvalue weighted by Crippen LogP contribution is -1.87. The van der Waals surface area contributed by atoms with Crippen LogP contribution in [-0.4, -0.2) is 13.7 Å². The molecule has 11 heavy (non-hydrogen) atoms. The van der Waals surface area contributed by atoms with E-state index in [0.717, 1.165) is 0 Å². The third kappa shape index (κ3) is 5.85. The lowest BCUT2D eigenvalue weighted by Gasteiger charge is -1.89. The average molecular weight is 238 g/mol. The maximum absolute atomic E-state index is 10.5. The zero-order chi connectivity index (χ0) is 8.85. The van der Waals surface area contributed by atoms with Crippen molar-refractivity contribution in [2.24, 2.45) is 0 Å². The van der Waals surface area contributed by atoms with Crippen molar-refractivity contribution in [3.05, 3.63) is 9.52 Å². The molecule has 1 atom stereocenters. The third-order valence-electron chi connectivity index (χ3n) is 0.651. The van der Waals surface area contributed by atoms with Crippen LogP contribution in [0.4, 0.5) is 0 Å². The summed E-state index contributed by atoms with van der Waals surface area (Å²) in [6.45, 7) is -0.118. The predicted molar refractivity (Wildman–Crippen MR) is 45.2 cm³/mol. The highest BCUT2D eigenvalue weighted by atomic mass is 35.5. The van der Waals surface area contributed by atoms with Gasteiger partial charge in [0.1, 0.15) is 11.1 Å². The standard InChI is InChI=1S/C4H5Cl3O3P/c1-9-11(8)10-2-3(5)4(6)7/h2H2,1H3/q+1. The SMILES string of the molecule is CO[P+](=O)OCC(Cl)=C(Cl)Cl. The molecule has 0 aromatic rings. The van der Waals surface area contributed by atoms with E-state index in [-0.39, 0.29) is 16.1 Å². The van der Waals surface area contributed by atoms with E-state index in [1.807, 2.05) is 0 Å². The Morgan fingerprint density at radius 3 is 2.36 bits per heavy atom. The Bertz CT molecular complexity index is 177. The highest BCUT2D eigenvalue weighted by molar-refractivity contribution is 7.33. The molecule has 3 nitrogen and oxygen atoms in total. The van der Waals surface area contributed by atoms with Crippen molar-refractivity contribution in [3.63, 3.8) is 0 Å². The molecule has 1 unspecified atom stereocenters. The van der Waals surface area contributed by atoms with Crippen LogP contribution in [0.2, 0.25) is 0 Å². The van der Waals surface area contributed by atoms with Gasteiger partial charge in [0.25, 0.3) is 0 Å². The maximum Gasteiger partial charge on any atom is 0.697 e. The fourth-order valence-corrected chi connectivity index (χ4v) is 0.796. The fraction of sp³-hybridized carbons (Fsp3) is 0.500. The zero-order valence-electron chi connectivity index (χ0n) is 5.51. The van der Waals surface area contributed by atoms with Crippen molar-refractivity contribution in [2.75, 3.05) is 13.7 Å². The molecule has 0 aliphatic heterocycles. The number of hydrogen-bond acceptors (Lipinski definition) is 3. The minimum Gasteiger partial charge on any atom is -0.122 e. The van der Waals surface area contributed by atoms with Crippen molar-refractivity contribution in [1.82, 2.24) is 0 Å². The van der Waals surface area contributed by atoms with E-state index in [2.05, 4.69) is 9.05 Å². The van der Waals surface area contributed by atoms with Gasteiger partial charge in [-0.15, -0.1) is 9.05 Å². The number of halogens is 3. The summed E-state index contributed by atoms with van der Waals surface area (Å²) in [5.41, 5.74) is 0. The fourth-order valence-electron chi connectivity index (χ4n) is 0.217. The van der Waals surface area contributed by atoms with E-state index in [9.17, 15) is 4.57 Å². The monoisotopic (exact) mass is 237 g/mol. The largest absolute Gasteiger partial charge is 0.697 e. The summed E-state index contributed by atoms with van der Waals surface area (Å²) in [5.74, 6) is 0. The topological polar surface area (TPSA) is 35.5 Å². The quantitative estimate of drug-likeness (QED) is 0.706. The highest BCUT2D eigenvalue weighted by Crippen LogP contribution is 2.26. The first-order valence-electron chi connectivity index (χ1n) is 2.42. The Hall–Kier alpha value is 0.630. The summed E-state index contributed by atoms with van der Waals surface area (Å²) in [6.07, 6.45) is 0. The summed E-state index contributed by atoms with van der Waals surface area (Å²) in [7, 11) is -0.873. The molecule has 0 aromatic carbocycles. The lowest BCUT2D eigenvalue weighted by atomic mass is 10.7. The molecule has 0 heterocycles. The summed E-state index contributed by atoms with van der Waals surface area (Å²) >= 11 is 15.9. The van der Waals surface area contributed by atoms with Crippen LogP contribution in [-0.2, 0) is 13.6 Å². The van der Waals surface area contributed by atoms with Gasteiger partial charge < -0.3 is 0 Å². The Kier molecular flexibility index (Phi) is 6.53. The van der Waals surface area contributed by atoms with Crippen molar-refractivity contribution in [3.8, 4) is 0 Å². The van der Waals surface area contributed by atoms with E-state index in [1.165, 1.54) is 7.11 Å². The second-order valence-corrected chi connectivity index (χ2v) is 3.82. The third-order valence-corrected chi connectivity index (χ3v) is 2.24. The van der Waals surface area contributed by atoms with Crippen LogP contribution >= 0.6 is 43.1 Å². The van der Waals surface area contributed by atoms with Crippen LogP contribution < -0.4 is 0 Å². The van der Waals surface area contributed by atoms with Gasteiger partial charge in [0.15, 0.2) is 0 Å². The molecular weight excluding hydrogens is 233 g/mol. The molecule has 0 aliphatic carbocycles. The lowest BCUT2D eigenvalue weighted by molar-refractivity contribution is 0.278. The number of rotatable bonds is 4. The smallest absolute Gasteiger partial charge is 0.122 e. The Morgan fingerprint density at radius 2 is 2.00 bits per heavy atom. The van der Waals surface area contributed by atoms with Crippen LogP contribution in [0.15, 0.2) is 9.52 Å². The first-order chi connectivity index (χ1) is 5.07. The Morgan fingerprint density at radius 1 is 1.45 bits per heavy atom. The Labute approximate surface area is 80.2 Å². The van der Waals surface area contributed by atoms with Crippen molar-refractivity contribution in [1.29, 1.82) is 0 Å². The van der Waals surface area contributed by atoms with Gasteiger partial charge >= 0.3 is 8.25 Å². The van der Waals surface area contributed by atoms with Gasteiger partial charge in [-0.2, -0.15) is 0 Å². The van der Waals surface area contributed by atoms with Gasteiger partial charge in [-0.1, -0.05) is 34.8 Å². The highest BCUT2D eigenvalue weighted by Gasteiger charge is 2.17. The van der Waals surface area contributed by atoms with Gasteiger partial charge in [-0.3, -0.25) is 0 Å². The van der Waals surface area contributed by atoms with Crippen LogP contribution in [0.25, 0.3) is 0 Å². The summed E-state index contributed by atoms with van der Waals surface area (Å²) in [4.78, 5) is 0. The molecule has 0 bridgehead atoms. The molecular formula is C4H5Cl3O3P+. The van der Waals surface area contributed by atoms with Crippen LogP contribution in [0.1, 0.15) is 0 Å². The molecule has 64 valence electrons. The van der Waals surface area contributed by atoms with E-state index in [1.54, 1.807) is 0 Å². The molecule has 0 amide bonds. The summed E-state index contributed by atoms with van der Waals surface area (Å²) < 4.78 is 19.2. The van der Waals surface area contributed by atoms with E-state index >= 15 is 0 Å². The van der Waals surface area contributed by atoms with E-state index < -0.39 is 8.25 Å². The molecule has 7 heteroatoms. The molecule has 0 saturated heterocycles. The number of hydrogen-bond donors (Lipinski definition) is 0. The zero-order valence-corrected chi connectivity index (χ0v) is 8.68. The maximum atomic E-state index is 10.5. The minimum atomic E-state index is -2.12. The predicted octanol–water partition coefficient (Wildman–Crippen LogP) is 3.19. The summed E-state index contributed by atoms with van der Waals surface area (Å²) in [5, 5.41) is 0.0914. The van der Waals surface area contributed by atoms with Gasteiger partial charge in [-0.25, -0.2) is 0 Å². The first-order valence-corrected chi connectivity index (χ1v) is 4.64. The van der Waals surface area contributed by atoms with Gasteiger partial charge in [0, 0.05) is 4.57 Å². The van der Waals surface area contributed by atoms with Gasteiger partial charge in [0.05, 0.1) is 12.1 Å². The van der Waals surface area contributed by atoms with Crippen molar-refractivity contribution in [2.45, 2.75) is 0 Å². The molecule has 0 aromatic heterocycles. The second-order valence-electron chi connectivity index (χ2n) is 1.34. The normalized spacial score (nSPS) is 11.1. The first kappa shape index (κ1) is 11.6. The van der Waals surface area contributed by atoms with Crippen LogP contribution in [0, 0.1) is 0 Å². The molecule has 0 fully saturated rings. The minimum absolute atomic E-state index is 0.0914. The van der Waals surface area contributed by atoms with Gasteiger partial charge in [0.2, 0.25) is 0 Å². The van der Waals surface area contributed by atoms with Crippen LogP contribution in [0.3, 0.4) is 0 Å². The second kappa shape index (κ2) is 6.18. The molecule has 0 radical (unpaired) electrons. The molecule has 0 N–H and O–H groups in total.